The summed E-state index contributed by atoms with van der Waals surface area (Å²) < 4.78 is 5.83. The molecule has 15 heavy (non-hydrogen) atoms. The third kappa shape index (κ3) is 1.81. The van der Waals surface area contributed by atoms with Gasteiger partial charge < -0.3 is 4.74 Å². The van der Waals surface area contributed by atoms with Crippen molar-refractivity contribution >= 4 is 0 Å². The van der Waals surface area contributed by atoms with E-state index in [1.54, 1.807) is 12.4 Å². The average molecular weight is 205 g/mol. The molecular formula is C11H15N3O. The van der Waals surface area contributed by atoms with Gasteiger partial charge in [-0.3, -0.25) is 4.90 Å². The second-order valence-corrected chi connectivity index (χ2v) is 4.33. The first-order chi connectivity index (χ1) is 7.42. The van der Waals surface area contributed by atoms with E-state index in [4.69, 9.17) is 4.74 Å². The van der Waals surface area contributed by atoms with Crippen LogP contribution >= 0.6 is 0 Å². The lowest BCUT2D eigenvalue weighted by Gasteiger charge is -2.43. The van der Waals surface area contributed by atoms with Crippen molar-refractivity contribution < 1.29 is 4.74 Å². The standard InChI is InChI=1S/C11H15N3O/c1-4-12-11(13-5-1)15-10-8-14-6-2-9(10)3-7-14/h1,4-5,9-10H,2-3,6-8H2/t10-/m0/s1. The zero-order chi connectivity index (χ0) is 10.1. The van der Waals surface area contributed by atoms with E-state index in [2.05, 4.69) is 14.9 Å². The van der Waals surface area contributed by atoms with Crippen molar-refractivity contribution in [2.75, 3.05) is 19.6 Å². The Morgan fingerprint density at radius 3 is 2.53 bits per heavy atom. The summed E-state index contributed by atoms with van der Waals surface area (Å²) in [6.07, 6.45) is 6.28. The minimum Gasteiger partial charge on any atom is -0.458 e. The van der Waals surface area contributed by atoms with Crippen LogP contribution in [0, 0.1) is 5.92 Å². The summed E-state index contributed by atoms with van der Waals surface area (Å²) in [7, 11) is 0. The van der Waals surface area contributed by atoms with E-state index < -0.39 is 0 Å². The van der Waals surface area contributed by atoms with Gasteiger partial charge in [0.05, 0.1) is 0 Å². The van der Waals surface area contributed by atoms with Gasteiger partial charge in [0.1, 0.15) is 6.10 Å². The van der Waals surface area contributed by atoms with E-state index >= 15 is 0 Å². The van der Waals surface area contributed by atoms with Crippen LogP contribution in [-0.2, 0) is 0 Å². The van der Waals surface area contributed by atoms with E-state index in [9.17, 15) is 0 Å². The predicted octanol–water partition coefficient (Wildman–Crippen LogP) is 0.950. The summed E-state index contributed by atoms with van der Waals surface area (Å²) in [6.45, 7) is 3.52. The lowest BCUT2D eigenvalue weighted by atomic mass is 9.86. The Morgan fingerprint density at radius 2 is 1.93 bits per heavy atom. The first-order valence-electron chi connectivity index (χ1n) is 5.58. The fourth-order valence-electron chi connectivity index (χ4n) is 2.53. The number of ether oxygens (including phenoxy) is 1. The molecule has 1 aromatic rings. The van der Waals surface area contributed by atoms with Gasteiger partial charge in [-0.1, -0.05) is 0 Å². The minimum absolute atomic E-state index is 0.301. The normalized spacial score (nSPS) is 34.0. The molecule has 0 aliphatic carbocycles. The van der Waals surface area contributed by atoms with E-state index in [1.165, 1.54) is 25.9 Å². The SMILES string of the molecule is c1cnc(O[C@H]2CN3CCC2CC3)nc1. The zero-order valence-corrected chi connectivity index (χ0v) is 8.67. The van der Waals surface area contributed by atoms with Gasteiger partial charge in [0, 0.05) is 18.9 Å². The molecule has 0 unspecified atom stereocenters. The van der Waals surface area contributed by atoms with Crippen LogP contribution in [-0.4, -0.2) is 40.6 Å². The molecule has 2 bridgehead atoms. The maximum absolute atomic E-state index is 5.83. The summed E-state index contributed by atoms with van der Waals surface area (Å²) in [5.41, 5.74) is 0. The van der Waals surface area contributed by atoms with Gasteiger partial charge in [-0.15, -0.1) is 0 Å². The molecule has 3 aliphatic rings. The minimum atomic E-state index is 0.301. The summed E-state index contributed by atoms with van der Waals surface area (Å²) in [6, 6.07) is 2.33. The molecule has 4 heterocycles. The Hall–Kier alpha value is -1.16. The molecule has 1 aromatic heterocycles. The Kier molecular flexibility index (Phi) is 2.29. The lowest BCUT2D eigenvalue weighted by Crippen LogP contribution is -2.52. The topological polar surface area (TPSA) is 38.2 Å². The van der Waals surface area contributed by atoms with E-state index in [-0.39, 0.29) is 0 Å². The van der Waals surface area contributed by atoms with Crippen LogP contribution < -0.4 is 4.74 Å². The van der Waals surface area contributed by atoms with E-state index in [1.807, 2.05) is 6.07 Å². The highest BCUT2D eigenvalue weighted by Crippen LogP contribution is 2.29. The Morgan fingerprint density at radius 1 is 1.20 bits per heavy atom. The van der Waals surface area contributed by atoms with Gasteiger partial charge in [0.15, 0.2) is 0 Å². The number of rotatable bonds is 2. The number of hydrogen-bond acceptors (Lipinski definition) is 4. The predicted molar refractivity (Wildman–Crippen MR) is 55.6 cm³/mol. The van der Waals surface area contributed by atoms with Crippen LogP contribution in [0.4, 0.5) is 0 Å². The highest BCUT2D eigenvalue weighted by atomic mass is 16.5. The highest BCUT2D eigenvalue weighted by Gasteiger charge is 2.35. The van der Waals surface area contributed by atoms with Gasteiger partial charge in [0.25, 0.3) is 0 Å². The molecule has 0 N–H and O–H groups in total. The second kappa shape index (κ2) is 3.77. The van der Waals surface area contributed by atoms with E-state index in [0.29, 0.717) is 18.0 Å². The number of fused-ring (bicyclic) bond motifs is 3. The highest BCUT2D eigenvalue weighted by molar-refractivity contribution is 4.97. The monoisotopic (exact) mass is 205 g/mol. The number of hydrogen-bond donors (Lipinski definition) is 0. The smallest absolute Gasteiger partial charge is 0.316 e. The first kappa shape index (κ1) is 9.09. The number of nitrogens with zero attached hydrogens (tertiary/aromatic N) is 3. The van der Waals surface area contributed by atoms with Crippen molar-refractivity contribution in [1.82, 2.24) is 14.9 Å². The molecular weight excluding hydrogens is 190 g/mol. The summed E-state index contributed by atoms with van der Waals surface area (Å²) >= 11 is 0. The van der Waals surface area contributed by atoms with Crippen molar-refractivity contribution in [3.8, 4) is 6.01 Å². The molecule has 0 amide bonds. The first-order valence-corrected chi connectivity index (χ1v) is 5.58. The third-order valence-corrected chi connectivity index (χ3v) is 3.40. The largest absolute Gasteiger partial charge is 0.458 e. The second-order valence-electron chi connectivity index (χ2n) is 4.33. The molecule has 0 spiro atoms. The molecule has 3 fully saturated rings. The molecule has 80 valence electrons. The molecule has 3 aliphatic heterocycles. The van der Waals surface area contributed by atoms with Crippen LogP contribution in [0.15, 0.2) is 18.5 Å². The van der Waals surface area contributed by atoms with Crippen molar-refractivity contribution in [3.05, 3.63) is 18.5 Å². The van der Waals surface area contributed by atoms with Gasteiger partial charge in [-0.25, -0.2) is 9.97 Å². The summed E-state index contributed by atoms with van der Waals surface area (Å²) in [5, 5.41) is 0. The van der Waals surface area contributed by atoms with Crippen molar-refractivity contribution in [3.63, 3.8) is 0 Å². The van der Waals surface area contributed by atoms with Crippen molar-refractivity contribution in [2.24, 2.45) is 5.92 Å². The fraction of sp³-hybridized carbons (Fsp3) is 0.636. The summed E-state index contributed by atoms with van der Waals surface area (Å²) in [5.74, 6) is 0.707. The summed E-state index contributed by atoms with van der Waals surface area (Å²) in [4.78, 5) is 10.7. The van der Waals surface area contributed by atoms with E-state index in [0.717, 1.165) is 6.54 Å². The maximum atomic E-state index is 5.83. The Balaban J connectivity index is 1.69. The number of aromatic nitrogens is 2. The average Bonchev–Trinajstić information content (AvgIpc) is 2.32. The van der Waals surface area contributed by atoms with Crippen LogP contribution in [0.5, 0.6) is 6.01 Å². The Labute approximate surface area is 89.3 Å². The fourth-order valence-corrected chi connectivity index (χ4v) is 2.53. The van der Waals surface area contributed by atoms with Gasteiger partial charge in [0.2, 0.25) is 0 Å². The molecule has 4 nitrogen and oxygen atoms in total. The molecule has 1 atom stereocenters. The molecule has 0 saturated carbocycles. The molecule has 4 heteroatoms. The zero-order valence-electron chi connectivity index (χ0n) is 8.67. The van der Waals surface area contributed by atoms with Gasteiger partial charge in [-0.05, 0) is 37.9 Å². The molecule has 4 rings (SSSR count). The number of piperidine rings is 3. The van der Waals surface area contributed by atoms with Crippen LogP contribution in [0.25, 0.3) is 0 Å². The van der Waals surface area contributed by atoms with Gasteiger partial charge in [-0.2, -0.15) is 0 Å². The van der Waals surface area contributed by atoms with Crippen molar-refractivity contribution in [2.45, 2.75) is 18.9 Å². The molecule has 0 aromatic carbocycles. The van der Waals surface area contributed by atoms with Crippen molar-refractivity contribution in [1.29, 1.82) is 0 Å². The van der Waals surface area contributed by atoms with Crippen LogP contribution in [0.3, 0.4) is 0 Å². The maximum Gasteiger partial charge on any atom is 0.316 e. The Bertz CT molecular complexity index is 322. The van der Waals surface area contributed by atoms with Crippen LogP contribution in [0.2, 0.25) is 0 Å². The quantitative estimate of drug-likeness (QED) is 0.720. The van der Waals surface area contributed by atoms with Crippen LogP contribution in [0.1, 0.15) is 12.8 Å². The van der Waals surface area contributed by atoms with Gasteiger partial charge >= 0.3 is 6.01 Å². The molecule has 0 radical (unpaired) electrons. The lowest BCUT2D eigenvalue weighted by molar-refractivity contribution is -0.0123. The molecule has 3 saturated heterocycles. The third-order valence-electron chi connectivity index (χ3n) is 3.40.